The number of nitrogens with zero attached hydrogens (tertiary/aromatic N) is 2. The Morgan fingerprint density at radius 1 is 1.29 bits per heavy atom. The molecule has 6 heteroatoms. The maximum atomic E-state index is 12.2. The normalized spacial score (nSPS) is 10.8. The van der Waals surface area contributed by atoms with Gasteiger partial charge < -0.3 is 4.74 Å². The molecule has 3 aromatic rings. The van der Waals surface area contributed by atoms with Gasteiger partial charge >= 0.3 is 5.97 Å². The van der Waals surface area contributed by atoms with E-state index in [4.69, 9.17) is 16.3 Å². The van der Waals surface area contributed by atoms with Gasteiger partial charge in [0.05, 0.1) is 17.0 Å². The standard InChI is InChI=1S/C18H15BrClN2O2/c1-2-24-18(23)15-11-22(10-13-8-7-12(19)9-21-13)16-6-4-3-5-14(16)17(15)20/h3-9,11H,2,10H2,1H3/q+1. The van der Waals surface area contributed by atoms with Crippen LogP contribution in [0.15, 0.2) is 53.3 Å². The van der Waals surface area contributed by atoms with Crippen molar-refractivity contribution in [1.29, 1.82) is 0 Å². The van der Waals surface area contributed by atoms with Gasteiger partial charge in [0, 0.05) is 16.7 Å². The first-order valence-electron chi connectivity index (χ1n) is 7.48. The molecule has 0 amide bonds. The molecule has 24 heavy (non-hydrogen) atoms. The monoisotopic (exact) mass is 405 g/mol. The quantitative estimate of drug-likeness (QED) is 0.482. The van der Waals surface area contributed by atoms with Gasteiger partial charge in [-0.3, -0.25) is 4.98 Å². The molecule has 4 nitrogen and oxygen atoms in total. The van der Waals surface area contributed by atoms with Crippen LogP contribution in [0.4, 0.5) is 0 Å². The van der Waals surface area contributed by atoms with Crippen LogP contribution in [0.1, 0.15) is 23.0 Å². The van der Waals surface area contributed by atoms with Crippen LogP contribution in [-0.4, -0.2) is 17.6 Å². The van der Waals surface area contributed by atoms with Gasteiger partial charge in [-0.1, -0.05) is 23.7 Å². The minimum atomic E-state index is -0.425. The van der Waals surface area contributed by atoms with Crippen molar-refractivity contribution in [2.45, 2.75) is 13.5 Å². The molecule has 0 radical (unpaired) electrons. The number of benzene rings is 1. The summed E-state index contributed by atoms with van der Waals surface area (Å²) in [5, 5.41) is 1.21. The highest BCUT2D eigenvalue weighted by Gasteiger charge is 2.22. The molecule has 0 fully saturated rings. The van der Waals surface area contributed by atoms with E-state index in [1.807, 2.05) is 41.0 Å². The van der Waals surface area contributed by atoms with Crippen LogP contribution >= 0.6 is 27.5 Å². The van der Waals surface area contributed by atoms with E-state index in [1.54, 1.807) is 19.3 Å². The Morgan fingerprint density at radius 3 is 2.79 bits per heavy atom. The number of ether oxygens (including phenoxy) is 1. The van der Waals surface area contributed by atoms with Crippen molar-refractivity contribution >= 4 is 44.4 Å². The first kappa shape index (κ1) is 16.9. The lowest BCUT2D eigenvalue weighted by Crippen LogP contribution is -2.36. The summed E-state index contributed by atoms with van der Waals surface area (Å²) in [4.78, 5) is 16.6. The highest BCUT2D eigenvalue weighted by atomic mass is 79.9. The smallest absolute Gasteiger partial charge is 0.345 e. The molecule has 0 N–H and O–H groups in total. The Kier molecular flexibility index (Phi) is 5.11. The van der Waals surface area contributed by atoms with Crippen molar-refractivity contribution in [3.63, 3.8) is 0 Å². The van der Waals surface area contributed by atoms with Crippen molar-refractivity contribution in [1.82, 2.24) is 4.98 Å². The number of para-hydroxylation sites is 1. The molecule has 0 unspecified atom stereocenters. The number of hydrogen-bond donors (Lipinski definition) is 0. The van der Waals surface area contributed by atoms with E-state index in [0.29, 0.717) is 23.7 Å². The zero-order valence-corrected chi connectivity index (χ0v) is 15.3. The highest BCUT2D eigenvalue weighted by molar-refractivity contribution is 9.10. The summed E-state index contributed by atoms with van der Waals surface area (Å²) in [5.41, 5.74) is 2.17. The fourth-order valence-electron chi connectivity index (χ4n) is 2.49. The first-order chi connectivity index (χ1) is 11.6. The lowest BCUT2D eigenvalue weighted by Gasteiger charge is -2.08. The summed E-state index contributed by atoms with van der Waals surface area (Å²) in [6, 6.07) is 11.6. The molecule has 0 atom stereocenters. The SMILES string of the molecule is CCOC(=O)c1c[n+](Cc2ccc(Br)cn2)c2ccccc2c1Cl. The van der Waals surface area contributed by atoms with E-state index in [0.717, 1.165) is 21.1 Å². The van der Waals surface area contributed by atoms with Gasteiger partial charge in [0.2, 0.25) is 5.52 Å². The molecule has 122 valence electrons. The average Bonchev–Trinajstić information content (AvgIpc) is 2.59. The van der Waals surface area contributed by atoms with Gasteiger partial charge in [-0.15, -0.1) is 0 Å². The lowest BCUT2D eigenvalue weighted by atomic mass is 10.1. The maximum Gasteiger partial charge on any atom is 0.345 e. The molecule has 0 bridgehead atoms. The molecular formula is C18H15BrClN2O2+. The third-order valence-corrected chi connectivity index (χ3v) is 4.46. The molecule has 0 aliphatic carbocycles. The molecule has 2 heterocycles. The summed E-state index contributed by atoms with van der Waals surface area (Å²) < 4.78 is 8.00. The predicted octanol–water partition coefficient (Wildman–Crippen LogP) is 4.16. The van der Waals surface area contributed by atoms with E-state index >= 15 is 0 Å². The van der Waals surface area contributed by atoms with Crippen molar-refractivity contribution < 1.29 is 14.1 Å². The van der Waals surface area contributed by atoms with Gasteiger partial charge in [-0.2, -0.15) is 4.57 Å². The number of carbonyl (C=O) groups excluding carboxylic acids is 1. The molecule has 0 aliphatic heterocycles. The lowest BCUT2D eigenvalue weighted by molar-refractivity contribution is -0.663. The van der Waals surface area contributed by atoms with Crippen LogP contribution in [-0.2, 0) is 11.3 Å². The predicted molar refractivity (Wildman–Crippen MR) is 96.1 cm³/mol. The maximum absolute atomic E-state index is 12.2. The average molecular weight is 407 g/mol. The number of hydrogen-bond acceptors (Lipinski definition) is 3. The Labute approximate surface area is 153 Å². The van der Waals surface area contributed by atoms with E-state index < -0.39 is 5.97 Å². The van der Waals surface area contributed by atoms with Gasteiger partial charge in [0.25, 0.3) is 0 Å². The molecule has 2 aromatic heterocycles. The van der Waals surface area contributed by atoms with Crippen LogP contribution in [0.25, 0.3) is 10.9 Å². The van der Waals surface area contributed by atoms with Gasteiger partial charge in [-0.05, 0) is 41.1 Å². The Hall–Kier alpha value is -1.98. The number of esters is 1. The number of pyridine rings is 2. The van der Waals surface area contributed by atoms with Crippen LogP contribution in [0, 0.1) is 0 Å². The summed E-state index contributed by atoms with van der Waals surface area (Å²) in [6.07, 6.45) is 3.48. The molecule has 0 saturated heterocycles. The molecule has 3 rings (SSSR count). The highest BCUT2D eigenvalue weighted by Crippen LogP contribution is 2.25. The Bertz CT molecular complexity index is 897. The molecule has 0 spiro atoms. The van der Waals surface area contributed by atoms with Crippen molar-refractivity contribution in [3.8, 4) is 0 Å². The zero-order chi connectivity index (χ0) is 17.1. The number of fused-ring (bicyclic) bond motifs is 1. The van der Waals surface area contributed by atoms with Gasteiger partial charge in [0.1, 0.15) is 11.3 Å². The van der Waals surface area contributed by atoms with Gasteiger partial charge in [-0.25, -0.2) is 4.79 Å². The second-order valence-electron chi connectivity index (χ2n) is 5.19. The van der Waals surface area contributed by atoms with Crippen molar-refractivity contribution in [3.05, 3.63) is 69.5 Å². The first-order valence-corrected chi connectivity index (χ1v) is 8.65. The van der Waals surface area contributed by atoms with Crippen molar-refractivity contribution in [2.75, 3.05) is 6.61 Å². The third-order valence-electron chi connectivity index (χ3n) is 3.59. The number of carbonyl (C=O) groups is 1. The topological polar surface area (TPSA) is 43.1 Å². The van der Waals surface area contributed by atoms with E-state index in [1.165, 1.54) is 0 Å². The second-order valence-corrected chi connectivity index (χ2v) is 6.48. The van der Waals surface area contributed by atoms with Crippen LogP contribution in [0.5, 0.6) is 0 Å². The minimum Gasteiger partial charge on any atom is -0.462 e. The zero-order valence-electron chi connectivity index (χ0n) is 13.0. The molecular weight excluding hydrogens is 392 g/mol. The third kappa shape index (κ3) is 3.42. The molecule has 1 aromatic carbocycles. The van der Waals surface area contributed by atoms with Crippen LogP contribution in [0.3, 0.4) is 0 Å². The molecule has 0 aliphatic rings. The Balaban J connectivity index is 2.13. The summed E-state index contributed by atoms with van der Waals surface area (Å²) in [5.74, 6) is -0.425. The second kappa shape index (κ2) is 7.28. The fourth-order valence-corrected chi connectivity index (χ4v) is 3.01. The van der Waals surface area contributed by atoms with Gasteiger partial charge in [0.15, 0.2) is 12.7 Å². The number of aromatic nitrogens is 2. The van der Waals surface area contributed by atoms with Crippen LogP contribution < -0.4 is 4.57 Å². The fraction of sp³-hybridized carbons (Fsp3) is 0.167. The Morgan fingerprint density at radius 2 is 2.08 bits per heavy atom. The molecule has 0 saturated carbocycles. The summed E-state index contributed by atoms with van der Waals surface area (Å²) in [6.45, 7) is 2.60. The summed E-state index contributed by atoms with van der Waals surface area (Å²) >= 11 is 9.81. The number of halogens is 2. The van der Waals surface area contributed by atoms with Crippen molar-refractivity contribution in [2.24, 2.45) is 0 Å². The van der Waals surface area contributed by atoms with E-state index in [9.17, 15) is 4.79 Å². The minimum absolute atomic E-state index is 0.302. The largest absolute Gasteiger partial charge is 0.462 e. The van der Waals surface area contributed by atoms with E-state index in [-0.39, 0.29) is 0 Å². The van der Waals surface area contributed by atoms with E-state index in [2.05, 4.69) is 20.9 Å². The number of rotatable bonds is 4. The van der Waals surface area contributed by atoms with Crippen LogP contribution in [0.2, 0.25) is 5.02 Å². The summed E-state index contributed by atoms with van der Waals surface area (Å²) in [7, 11) is 0.